The van der Waals surface area contributed by atoms with Gasteiger partial charge in [0.25, 0.3) is 5.56 Å². The molecule has 0 saturated heterocycles. The van der Waals surface area contributed by atoms with E-state index >= 15 is 0 Å². The Bertz CT molecular complexity index is 789. The topological polar surface area (TPSA) is 59.3 Å². The molecule has 1 aromatic heterocycles. The first-order chi connectivity index (χ1) is 10.1. The Hall–Kier alpha value is -2.57. The van der Waals surface area contributed by atoms with Gasteiger partial charge in [-0.15, -0.1) is 0 Å². The van der Waals surface area contributed by atoms with Gasteiger partial charge in [0.05, 0.1) is 5.56 Å². The van der Waals surface area contributed by atoms with Crippen LogP contribution in [0.15, 0.2) is 35.1 Å². The second-order valence-corrected chi connectivity index (χ2v) is 4.79. The molecule has 116 valence electrons. The van der Waals surface area contributed by atoms with E-state index in [1.54, 1.807) is 0 Å². The molecule has 1 N–H and O–H groups in total. The molecule has 0 bridgehead atoms. The molecule has 0 atom stereocenters. The predicted octanol–water partition coefficient (Wildman–Crippen LogP) is 3.07. The molecule has 0 spiro atoms. The van der Waals surface area contributed by atoms with E-state index in [0.717, 1.165) is 35.8 Å². The summed E-state index contributed by atoms with van der Waals surface area (Å²) in [6.07, 6.45) is -4.47. The van der Waals surface area contributed by atoms with E-state index in [-0.39, 0.29) is 5.69 Å². The minimum absolute atomic E-state index is 0.179. The third kappa shape index (κ3) is 2.74. The molecule has 0 saturated carbocycles. The van der Waals surface area contributed by atoms with E-state index in [2.05, 4.69) is 0 Å². The lowest BCUT2D eigenvalue weighted by Gasteiger charge is -2.13. The van der Waals surface area contributed by atoms with Crippen LogP contribution < -0.4 is 5.56 Å². The molecule has 0 aliphatic rings. The van der Waals surface area contributed by atoms with Gasteiger partial charge in [0.2, 0.25) is 0 Å². The number of pyridine rings is 1. The molecule has 0 aliphatic heterocycles. The summed E-state index contributed by atoms with van der Waals surface area (Å²) < 4.78 is 38.8. The first-order valence-corrected chi connectivity index (χ1v) is 6.27. The van der Waals surface area contributed by atoms with Gasteiger partial charge in [0.15, 0.2) is 5.78 Å². The number of hydrogen-bond donors (Lipinski definition) is 1. The third-order valence-corrected chi connectivity index (χ3v) is 3.18. The third-order valence-electron chi connectivity index (χ3n) is 3.18. The molecule has 2 rings (SSSR count). The van der Waals surface area contributed by atoms with E-state index < -0.39 is 34.4 Å². The van der Waals surface area contributed by atoms with Gasteiger partial charge in [0, 0.05) is 17.4 Å². The van der Waals surface area contributed by atoms with Crippen LogP contribution in [0.1, 0.15) is 28.5 Å². The Balaban J connectivity index is 2.66. The fraction of sp³-hybridized carbons (Fsp3) is 0.200. The molecule has 0 aliphatic carbocycles. The molecule has 0 fully saturated rings. The number of benzene rings is 1. The van der Waals surface area contributed by atoms with Crippen LogP contribution in [0.25, 0.3) is 5.69 Å². The molecule has 0 radical (unpaired) electrons. The smallest absolute Gasteiger partial charge is 0.416 e. The monoisotopic (exact) mass is 311 g/mol. The van der Waals surface area contributed by atoms with Crippen molar-refractivity contribution in [2.24, 2.45) is 0 Å². The van der Waals surface area contributed by atoms with Crippen molar-refractivity contribution in [3.63, 3.8) is 0 Å². The van der Waals surface area contributed by atoms with Crippen LogP contribution in [0, 0.1) is 6.92 Å². The van der Waals surface area contributed by atoms with Crippen LogP contribution in [0.5, 0.6) is 5.75 Å². The van der Waals surface area contributed by atoms with E-state index in [4.69, 9.17) is 0 Å². The number of nitrogens with zero attached hydrogens (tertiary/aromatic N) is 1. The van der Waals surface area contributed by atoms with Gasteiger partial charge in [-0.3, -0.25) is 14.2 Å². The number of alkyl halides is 3. The average Bonchev–Trinajstić information content (AvgIpc) is 2.37. The van der Waals surface area contributed by atoms with Crippen molar-refractivity contribution in [2.75, 3.05) is 0 Å². The number of ketones is 1. The Morgan fingerprint density at radius 3 is 2.18 bits per heavy atom. The fourth-order valence-electron chi connectivity index (χ4n) is 2.17. The van der Waals surface area contributed by atoms with E-state index in [9.17, 15) is 27.9 Å². The largest absolute Gasteiger partial charge is 0.507 e. The molecule has 0 unspecified atom stereocenters. The van der Waals surface area contributed by atoms with Crippen molar-refractivity contribution < 1.29 is 23.1 Å². The van der Waals surface area contributed by atoms with Gasteiger partial charge in [-0.2, -0.15) is 13.2 Å². The summed E-state index contributed by atoms with van der Waals surface area (Å²) in [6.45, 7) is 2.63. The summed E-state index contributed by atoms with van der Waals surface area (Å²) in [6, 6.07) is 5.19. The summed E-state index contributed by atoms with van der Waals surface area (Å²) in [7, 11) is 0. The zero-order valence-electron chi connectivity index (χ0n) is 11.7. The molecule has 0 amide bonds. The van der Waals surface area contributed by atoms with E-state index in [0.29, 0.717) is 5.69 Å². The van der Waals surface area contributed by atoms with Gasteiger partial charge in [-0.05, 0) is 38.1 Å². The first kappa shape index (κ1) is 15.8. The molecule has 2 aromatic rings. The maximum atomic E-state index is 12.6. The van der Waals surface area contributed by atoms with Crippen molar-refractivity contribution in [3.05, 3.63) is 57.5 Å². The fourth-order valence-corrected chi connectivity index (χ4v) is 2.17. The highest BCUT2D eigenvalue weighted by molar-refractivity contribution is 5.96. The number of aromatic nitrogens is 1. The van der Waals surface area contributed by atoms with Crippen molar-refractivity contribution >= 4 is 5.78 Å². The molecule has 7 heteroatoms. The Kier molecular flexibility index (Phi) is 3.83. The van der Waals surface area contributed by atoms with Gasteiger partial charge >= 0.3 is 6.18 Å². The number of aryl methyl sites for hydroxylation is 1. The van der Waals surface area contributed by atoms with Crippen molar-refractivity contribution in [3.8, 4) is 11.4 Å². The zero-order valence-corrected chi connectivity index (χ0v) is 11.7. The summed E-state index contributed by atoms with van der Waals surface area (Å²) in [5.41, 5.74) is -1.53. The number of carbonyl (C=O) groups is 1. The predicted molar refractivity (Wildman–Crippen MR) is 73.4 cm³/mol. The van der Waals surface area contributed by atoms with Gasteiger partial charge in [-0.1, -0.05) is 0 Å². The normalized spacial score (nSPS) is 11.5. The number of hydrogen-bond acceptors (Lipinski definition) is 3. The zero-order chi connectivity index (χ0) is 16.7. The van der Waals surface area contributed by atoms with Crippen LogP contribution in [-0.2, 0) is 6.18 Å². The maximum absolute atomic E-state index is 12.6. The second kappa shape index (κ2) is 5.32. The van der Waals surface area contributed by atoms with Gasteiger partial charge in [0.1, 0.15) is 11.3 Å². The number of aromatic hydroxyl groups is 1. The number of Topliss-reactive ketones (excluding diaryl/α,β-unsaturated/α-hetero) is 1. The summed E-state index contributed by atoms with van der Waals surface area (Å²) in [5.74, 6) is -1.07. The molecule has 1 heterocycles. The highest BCUT2D eigenvalue weighted by atomic mass is 19.4. The quantitative estimate of drug-likeness (QED) is 0.867. The Labute approximate surface area is 123 Å². The minimum atomic E-state index is -4.47. The van der Waals surface area contributed by atoms with Gasteiger partial charge < -0.3 is 5.11 Å². The van der Waals surface area contributed by atoms with Crippen LogP contribution in [0.4, 0.5) is 13.2 Å². The number of carbonyl (C=O) groups excluding carboxylic acids is 1. The van der Waals surface area contributed by atoms with E-state index in [1.165, 1.54) is 13.0 Å². The van der Waals surface area contributed by atoms with Gasteiger partial charge in [-0.25, -0.2) is 0 Å². The molecular formula is C15H12F3NO3. The second-order valence-electron chi connectivity index (χ2n) is 4.79. The highest BCUT2D eigenvalue weighted by Gasteiger charge is 2.30. The molecule has 1 aromatic carbocycles. The SMILES string of the molecule is CC(=O)c1c(O)cc(C)n(-c2ccc(C(F)(F)F)cc2)c1=O. The van der Waals surface area contributed by atoms with Crippen LogP contribution in [0.3, 0.4) is 0 Å². The van der Waals surface area contributed by atoms with E-state index in [1.807, 2.05) is 0 Å². The molecule has 4 nitrogen and oxygen atoms in total. The number of halogens is 3. The molecule has 22 heavy (non-hydrogen) atoms. The standard InChI is InChI=1S/C15H12F3NO3/c1-8-7-12(21)13(9(2)20)14(22)19(8)11-5-3-10(4-6-11)15(16,17)18/h3-7,21H,1-2H3. The average molecular weight is 311 g/mol. The number of rotatable bonds is 2. The van der Waals surface area contributed by atoms with Crippen molar-refractivity contribution in [1.29, 1.82) is 0 Å². The Morgan fingerprint density at radius 1 is 1.18 bits per heavy atom. The van der Waals surface area contributed by atoms with Crippen LogP contribution in [-0.4, -0.2) is 15.5 Å². The minimum Gasteiger partial charge on any atom is -0.507 e. The highest BCUT2D eigenvalue weighted by Crippen LogP contribution is 2.29. The lowest BCUT2D eigenvalue weighted by atomic mass is 10.1. The van der Waals surface area contributed by atoms with Crippen LogP contribution >= 0.6 is 0 Å². The first-order valence-electron chi connectivity index (χ1n) is 6.27. The lowest BCUT2D eigenvalue weighted by molar-refractivity contribution is -0.137. The van der Waals surface area contributed by atoms with Crippen LogP contribution in [0.2, 0.25) is 0 Å². The maximum Gasteiger partial charge on any atom is 0.416 e. The summed E-state index contributed by atoms with van der Waals surface area (Å²) >= 11 is 0. The summed E-state index contributed by atoms with van der Waals surface area (Å²) in [4.78, 5) is 23.7. The molecular weight excluding hydrogens is 299 g/mol. The van der Waals surface area contributed by atoms with Crippen molar-refractivity contribution in [2.45, 2.75) is 20.0 Å². The van der Waals surface area contributed by atoms with Crippen molar-refractivity contribution in [1.82, 2.24) is 4.57 Å². The Morgan fingerprint density at radius 2 is 1.73 bits per heavy atom. The lowest BCUT2D eigenvalue weighted by Crippen LogP contribution is -2.26. The summed E-state index contributed by atoms with van der Waals surface area (Å²) in [5, 5.41) is 9.68.